The molecule has 0 aromatic heterocycles. The number of halogens is 1. The molecule has 0 unspecified atom stereocenters. The first kappa shape index (κ1) is 21.2. The number of aromatic hydroxyl groups is 1. The second-order valence-electron chi connectivity index (χ2n) is 8.36. The molecular weight excluding hydrogens is 436 g/mol. The van der Waals surface area contributed by atoms with E-state index in [0.717, 1.165) is 49.8 Å². The number of fused-ring (bicyclic) bond motifs is 1. The van der Waals surface area contributed by atoms with Gasteiger partial charge in [0.15, 0.2) is 0 Å². The monoisotopic (exact) mass is 466 g/mol. The topological polar surface area (TPSA) is 29.5 Å². The summed E-state index contributed by atoms with van der Waals surface area (Å²) < 4.78 is 5.95. The van der Waals surface area contributed by atoms with E-state index in [1.807, 2.05) is 12.1 Å². The largest absolute Gasteiger partial charge is 0.508 e. The molecule has 1 N–H and O–H groups in total. The van der Waals surface area contributed by atoms with Gasteiger partial charge in [-0.2, -0.15) is 0 Å². The molecule has 4 rings (SSSR count). The summed E-state index contributed by atoms with van der Waals surface area (Å²) in [5.74, 6) is 2.12. The fourth-order valence-electron chi connectivity index (χ4n) is 4.82. The zero-order chi connectivity index (χ0) is 20.8. The van der Waals surface area contributed by atoms with E-state index in [2.05, 4.69) is 64.5 Å². The van der Waals surface area contributed by atoms with E-state index < -0.39 is 0 Å². The van der Waals surface area contributed by atoms with Crippen LogP contribution in [0.5, 0.6) is 11.5 Å². The molecule has 0 bridgehead atoms. The summed E-state index contributed by atoms with van der Waals surface area (Å²) in [5.41, 5.74) is 5.44. The lowest BCUT2D eigenvalue weighted by atomic mass is 9.68. The molecule has 2 nitrogen and oxygen atoms in total. The van der Waals surface area contributed by atoms with E-state index in [1.54, 1.807) is 0 Å². The van der Waals surface area contributed by atoms with Gasteiger partial charge in [-0.25, -0.2) is 0 Å². The highest BCUT2D eigenvalue weighted by molar-refractivity contribution is 9.09. The Balaban J connectivity index is 1.57. The Labute approximate surface area is 188 Å². The van der Waals surface area contributed by atoms with Crippen LogP contribution in [-0.2, 0) is 6.42 Å². The van der Waals surface area contributed by atoms with Gasteiger partial charge in [0, 0.05) is 11.2 Å². The van der Waals surface area contributed by atoms with Crippen LogP contribution in [0.2, 0.25) is 0 Å². The van der Waals surface area contributed by atoms with E-state index in [-0.39, 0.29) is 0 Å². The van der Waals surface area contributed by atoms with Gasteiger partial charge in [0.2, 0.25) is 0 Å². The van der Waals surface area contributed by atoms with Gasteiger partial charge in [0.1, 0.15) is 11.5 Å². The van der Waals surface area contributed by atoms with Crippen LogP contribution in [0.3, 0.4) is 0 Å². The standard InChI is InChI=1S/C27H31BrO2/c28-17-5-2-6-18-30-24-13-9-21(10-14-24)27-25(20-7-3-1-4-8-20)15-11-22-19-23(29)12-16-26(22)27/h3,7-10,12-14,16,19,25,27,29H,1-2,4-6,11,15,17-18H2/t25-,27+/m1/s1. The molecule has 0 aliphatic heterocycles. The zero-order valence-electron chi connectivity index (χ0n) is 17.5. The van der Waals surface area contributed by atoms with Crippen LogP contribution in [0.25, 0.3) is 0 Å². The van der Waals surface area contributed by atoms with Crippen molar-refractivity contribution in [1.82, 2.24) is 0 Å². The third-order valence-electron chi connectivity index (χ3n) is 6.33. The summed E-state index contributed by atoms with van der Waals surface area (Å²) >= 11 is 3.48. The highest BCUT2D eigenvalue weighted by atomic mass is 79.9. The van der Waals surface area contributed by atoms with Crippen LogP contribution < -0.4 is 4.74 Å². The maximum Gasteiger partial charge on any atom is 0.119 e. The van der Waals surface area contributed by atoms with Gasteiger partial charge in [0.05, 0.1) is 6.61 Å². The zero-order valence-corrected chi connectivity index (χ0v) is 19.1. The number of phenols is 1. The van der Waals surface area contributed by atoms with E-state index >= 15 is 0 Å². The summed E-state index contributed by atoms with van der Waals surface area (Å²) in [7, 11) is 0. The average molecular weight is 467 g/mol. The summed E-state index contributed by atoms with van der Waals surface area (Å²) in [5, 5.41) is 11.1. The molecule has 0 spiro atoms. The van der Waals surface area contributed by atoms with E-state index in [1.165, 1.54) is 35.1 Å². The lowest BCUT2D eigenvalue weighted by Gasteiger charge is -2.36. The second-order valence-corrected chi connectivity index (χ2v) is 9.15. The van der Waals surface area contributed by atoms with E-state index in [0.29, 0.717) is 17.6 Å². The molecular formula is C27H31BrO2. The number of allylic oxidation sites excluding steroid dienone is 4. The number of rotatable bonds is 8. The number of aryl methyl sites for hydroxylation is 1. The van der Waals surface area contributed by atoms with Crippen molar-refractivity contribution in [2.75, 3.05) is 11.9 Å². The summed E-state index contributed by atoms with van der Waals surface area (Å²) in [6.45, 7) is 0.776. The maximum absolute atomic E-state index is 9.99. The third-order valence-corrected chi connectivity index (χ3v) is 6.89. The van der Waals surface area contributed by atoms with Crippen molar-refractivity contribution >= 4 is 15.9 Å². The predicted molar refractivity (Wildman–Crippen MR) is 128 cm³/mol. The number of ether oxygens (including phenoxy) is 1. The van der Waals surface area contributed by atoms with Crippen LogP contribution in [0, 0.1) is 5.92 Å². The first-order valence-electron chi connectivity index (χ1n) is 11.2. The summed E-state index contributed by atoms with van der Waals surface area (Å²) in [6, 6.07) is 14.6. The van der Waals surface area contributed by atoms with Gasteiger partial charge in [-0.3, -0.25) is 0 Å². The highest BCUT2D eigenvalue weighted by Gasteiger charge is 2.32. The normalized spacial score (nSPS) is 20.5. The summed E-state index contributed by atoms with van der Waals surface area (Å²) in [4.78, 5) is 0. The highest BCUT2D eigenvalue weighted by Crippen LogP contribution is 2.46. The molecule has 2 aliphatic carbocycles. The number of hydrogen-bond acceptors (Lipinski definition) is 2. The number of phenolic OH excluding ortho intramolecular Hbond substituents is 1. The van der Waals surface area contributed by atoms with Crippen molar-refractivity contribution in [2.24, 2.45) is 5.92 Å². The lowest BCUT2D eigenvalue weighted by Crippen LogP contribution is -2.23. The average Bonchev–Trinajstić information content (AvgIpc) is 2.79. The molecule has 0 radical (unpaired) electrons. The quantitative estimate of drug-likeness (QED) is 0.326. The molecule has 0 heterocycles. The van der Waals surface area contributed by atoms with Gasteiger partial charge in [0.25, 0.3) is 0 Å². The van der Waals surface area contributed by atoms with Crippen LogP contribution in [0.1, 0.15) is 61.1 Å². The number of unbranched alkanes of at least 4 members (excludes halogenated alkanes) is 2. The Bertz CT molecular complexity index is 898. The van der Waals surface area contributed by atoms with Crippen molar-refractivity contribution in [1.29, 1.82) is 0 Å². The molecule has 0 amide bonds. The molecule has 3 heteroatoms. The number of hydrogen-bond donors (Lipinski definition) is 1. The fourth-order valence-corrected chi connectivity index (χ4v) is 5.22. The van der Waals surface area contributed by atoms with Gasteiger partial charge < -0.3 is 9.84 Å². The van der Waals surface area contributed by atoms with Crippen molar-refractivity contribution in [3.63, 3.8) is 0 Å². The molecule has 2 aromatic rings. The Hall–Kier alpha value is -2.00. The minimum atomic E-state index is 0.316. The Morgan fingerprint density at radius 3 is 2.63 bits per heavy atom. The first-order chi connectivity index (χ1) is 14.8. The third kappa shape index (κ3) is 5.00. The van der Waals surface area contributed by atoms with Crippen LogP contribution >= 0.6 is 15.9 Å². The maximum atomic E-state index is 9.99. The minimum absolute atomic E-state index is 0.316. The van der Waals surface area contributed by atoms with Crippen LogP contribution in [-0.4, -0.2) is 17.0 Å². The Morgan fingerprint density at radius 1 is 1.00 bits per heavy atom. The van der Waals surface area contributed by atoms with E-state index in [9.17, 15) is 5.11 Å². The van der Waals surface area contributed by atoms with Gasteiger partial charge in [-0.1, -0.05) is 52.4 Å². The fraction of sp³-hybridized carbons (Fsp3) is 0.407. The van der Waals surface area contributed by atoms with Gasteiger partial charge in [-0.05, 0) is 97.4 Å². The molecule has 158 valence electrons. The smallest absolute Gasteiger partial charge is 0.119 e. The first-order valence-corrected chi connectivity index (χ1v) is 12.4. The Kier molecular flexibility index (Phi) is 7.33. The molecule has 30 heavy (non-hydrogen) atoms. The SMILES string of the molecule is Oc1ccc2c(c1)CC[C@H](C1=CCCC=C1)[C@@H]2c1ccc(OCCCCCBr)cc1. The van der Waals surface area contributed by atoms with Crippen LogP contribution in [0.4, 0.5) is 0 Å². The second kappa shape index (κ2) is 10.3. The lowest BCUT2D eigenvalue weighted by molar-refractivity contribution is 0.306. The molecule has 0 fully saturated rings. The van der Waals surface area contributed by atoms with Crippen molar-refractivity contribution in [2.45, 2.75) is 50.9 Å². The van der Waals surface area contributed by atoms with Gasteiger partial charge >= 0.3 is 0 Å². The van der Waals surface area contributed by atoms with Crippen molar-refractivity contribution < 1.29 is 9.84 Å². The number of benzene rings is 2. The molecule has 0 saturated carbocycles. The molecule has 2 atom stereocenters. The minimum Gasteiger partial charge on any atom is -0.508 e. The number of alkyl halides is 1. The molecule has 2 aromatic carbocycles. The summed E-state index contributed by atoms with van der Waals surface area (Å²) in [6.07, 6.45) is 15.0. The molecule has 2 aliphatic rings. The predicted octanol–water partition coefficient (Wildman–Crippen LogP) is 7.31. The van der Waals surface area contributed by atoms with Crippen molar-refractivity contribution in [3.05, 3.63) is 83.0 Å². The van der Waals surface area contributed by atoms with Gasteiger partial charge in [-0.15, -0.1) is 0 Å². The Morgan fingerprint density at radius 2 is 1.87 bits per heavy atom. The molecule has 0 saturated heterocycles. The van der Waals surface area contributed by atoms with Crippen molar-refractivity contribution in [3.8, 4) is 11.5 Å². The van der Waals surface area contributed by atoms with Crippen LogP contribution in [0.15, 0.2) is 66.3 Å². The van der Waals surface area contributed by atoms with E-state index in [4.69, 9.17) is 4.74 Å².